The molecule has 0 radical (unpaired) electrons. The lowest BCUT2D eigenvalue weighted by Gasteiger charge is -2.35. The minimum Gasteiger partial charge on any atom is -0.480 e. The Morgan fingerprint density at radius 1 is 1.12 bits per heavy atom. The average Bonchev–Trinajstić information content (AvgIpc) is 2.59. The van der Waals surface area contributed by atoms with Crippen molar-refractivity contribution in [3.8, 4) is 0 Å². The van der Waals surface area contributed by atoms with Crippen molar-refractivity contribution < 1.29 is 19.5 Å². The number of rotatable bonds is 5. The third kappa shape index (κ3) is 4.32. The molecule has 0 aromatic heterocycles. The van der Waals surface area contributed by atoms with E-state index < -0.39 is 12.0 Å². The van der Waals surface area contributed by atoms with Crippen molar-refractivity contribution in [1.82, 2.24) is 9.80 Å². The number of benzene rings is 1. The maximum absolute atomic E-state index is 12.5. The molecule has 1 fully saturated rings. The fraction of sp³-hybridized carbons (Fsp3) is 0.471. The van der Waals surface area contributed by atoms with Gasteiger partial charge in [-0.2, -0.15) is 0 Å². The van der Waals surface area contributed by atoms with Crippen molar-refractivity contribution in [1.29, 1.82) is 0 Å². The number of carbonyl (C=O) groups excluding carboxylic acids is 2. The van der Waals surface area contributed by atoms with E-state index in [-0.39, 0.29) is 24.7 Å². The van der Waals surface area contributed by atoms with E-state index in [1.807, 2.05) is 31.2 Å². The summed E-state index contributed by atoms with van der Waals surface area (Å²) in [6, 6.07) is 6.43. The van der Waals surface area contributed by atoms with Crippen molar-refractivity contribution >= 4 is 17.8 Å². The second kappa shape index (κ2) is 7.92. The van der Waals surface area contributed by atoms with E-state index in [2.05, 4.69) is 0 Å². The number of hydrogen-bond donors (Lipinski definition) is 2. The van der Waals surface area contributed by atoms with Crippen LogP contribution in [-0.2, 0) is 9.59 Å². The molecule has 1 atom stereocenters. The summed E-state index contributed by atoms with van der Waals surface area (Å²) in [4.78, 5) is 38.7. The van der Waals surface area contributed by atoms with Crippen LogP contribution in [0.2, 0.25) is 0 Å². The van der Waals surface area contributed by atoms with Crippen LogP contribution in [0.4, 0.5) is 0 Å². The average molecular weight is 333 g/mol. The number of carboxylic acids is 1. The first kappa shape index (κ1) is 17.9. The lowest BCUT2D eigenvalue weighted by atomic mass is 10.1. The molecule has 0 unspecified atom stereocenters. The molecule has 130 valence electrons. The van der Waals surface area contributed by atoms with Gasteiger partial charge < -0.3 is 20.6 Å². The normalized spacial score (nSPS) is 15.9. The number of aliphatic carboxylic acids is 1. The molecular weight excluding hydrogens is 310 g/mol. The quantitative estimate of drug-likeness (QED) is 0.815. The number of amides is 2. The van der Waals surface area contributed by atoms with Crippen LogP contribution in [0.1, 0.15) is 28.8 Å². The Balaban J connectivity index is 1.85. The molecule has 1 aromatic rings. The molecule has 1 aliphatic heterocycles. The molecule has 2 rings (SSSR count). The number of piperazine rings is 1. The monoisotopic (exact) mass is 333 g/mol. The molecule has 0 aliphatic carbocycles. The van der Waals surface area contributed by atoms with E-state index in [0.717, 1.165) is 5.56 Å². The number of nitrogens with two attached hydrogens (primary N) is 1. The van der Waals surface area contributed by atoms with Gasteiger partial charge in [0.15, 0.2) is 0 Å². The molecule has 0 saturated carbocycles. The Kier molecular flexibility index (Phi) is 5.92. The van der Waals surface area contributed by atoms with Crippen molar-refractivity contribution in [2.75, 3.05) is 26.2 Å². The van der Waals surface area contributed by atoms with Gasteiger partial charge in [0.1, 0.15) is 6.04 Å². The van der Waals surface area contributed by atoms with E-state index in [1.165, 1.54) is 0 Å². The van der Waals surface area contributed by atoms with Gasteiger partial charge in [0.05, 0.1) is 0 Å². The Labute approximate surface area is 141 Å². The summed E-state index contributed by atoms with van der Waals surface area (Å²) in [6.07, 6.45) is 0.232. The fourth-order valence-corrected chi connectivity index (χ4v) is 2.70. The van der Waals surface area contributed by atoms with E-state index in [4.69, 9.17) is 10.8 Å². The standard InChI is InChI=1S/C17H23N3O4/c1-12-4-2-3-5-13(12)16(22)20-10-8-19(9-11-20)15(21)7-6-14(18)17(23)24/h2-5,14H,6-11,18H2,1H3,(H,23,24)/t14-/m0/s1. The summed E-state index contributed by atoms with van der Waals surface area (Å²) in [5.41, 5.74) is 7.03. The van der Waals surface area contributed by atoms with Gasteiger partial charge in [-0.3, -0.25) is 14.4 Å². The van der Waals surface area contributed by atoms with Gasteiger partial charge in [-0.1, -0.05) is 18.2 Å². The first-order chi connectivity index (χ1) is 11.4. The van der Waals surface area contributed by atoms with Gasteiger partial charge in [-0.25, -0.2) is 0 Å². The van der Waals surface area contributed by atoms with Crippen molar-refractivity contribution in [2.24, 2.45) is 5.73 Å². The third-order valence-corrected chi connectivity index (χ3v) is 4.28. The molecule has 7 nitrogen and oxygen atoms in total. The smallest absolute Gasteiger partial charge is 0.320 e. The molecule has 3 N–H and O–H groups in total. The van der Waals surface area contributed by atoms with Crippen LogP contribution in [-0.4, -0.2) is 64.9 Å². The van der Waals surface area contributed by atoms with Crippen LogP contribution in [0.25, 0.3) is 0 Å². The minimum atomic E-state index is -1.10. The van der Waals surface area contributed by atoms with Gasteiger partial charge in [-0.15, -0.1) is 0 Å². The van der Waals surface area contributed by atoms with E-state index in [0.29, 0.717) is 31.7 Å². The summed E-state index contributed by atoms with van der Waals surface area (Å²) in [7, 11) is 0. The Morgan fingerprint density at radius 3 is 2.29 bits per heavy atom. The Bertz CT molecular complexity index is 624. The minimum absolute atomic E-state index is 0.0203. The maximum Gasteiger partial charge on any atom is 0.320 e. The fourth-order valence-electron chi connectivity index (χ4n) is 2.70. The van der Waals surface area contributed by atoms with Crippen LogP contribution < -0.4 is 5.73 Å². The first-order valence-electron chi connectivity index (χ1n) is 8.01. The van der Waals surface area contributed by atoms with Gasteiger partial charge in [0.25, 0.3) is 5.91 Å². The molecular formula is C17H23N3O4. The Hall–Kier alpha value is -2.41. The topological polar surface area (TPSA) is 104 Å². The van der Waals surface area contributed by atoms with Crippen molar-refractivity contribution in [2.45, 2.75) is 25.8 Å². The summed E-state index contributed by atoms with van der Waals surface area (Å²) in [5, 5.41) is 8.74. The SMILES string of the molecule is Cc1ccccc1C(=O)N1CCN(C(=O)CC[C@H](N)C(=O)O)CC1. The van der Waals surface area contributed by atoms with Crippen LogP contribution >= 0.6 is 0 Å². The highest BCUT2D eigenvalue weighted by Gasteiger charge is 2.26. The highest BCUT2D eigenvalue weighted by Crippen LogP contribution is 2.13. The molecule has 0 spiro atoms. The third-order valence-electron chi connectivity index (χ3n) is 4.28. The van der Waals surface area contributed by atoms with Gasteiger partial charge in [0.2, 0.25) is 5.91 Å². The highest BCUT2D eigenvalue weighted by atomic mass is 16.4. The lowest BCUT2D eigenvalue weighted by molar-refractivity contribution is -0.139. The van der Waals surface area contributed by atoms with Crippen LogP contribution in [0.3, 0.4) is 0 Å². The summed E-state index contributed by atoms with van der Waals surface area (Å²) < 4.78 is 0. The predicted octanol–water partition coefficient (Wildman–Crippen LogP) is 0.472. The molecule has 1 heterocycles. The van der Waals surface area contributed by atoms with Crippen molar-refractivity contribution in [3.05, 3.63) is 35.4 Å². The van der Waals surface area contributed by atoms with Gasteiger partial charge in [-0.05, 0) is 25.0 Å². The van der Waals surface area contributed by atoms with Crippen LogP contribution in [0.5, 0.6) is 0 Å². The summed E-state index contributed by atoms with van der Waals surface area (Å²) in [6.45, 7) is 3.77. The molecule has 2 amide bonds. The molecule has 0 bridgehead atoms. The Morgan fingerprint density at radius 2 is 1.71 bits per heavy atom. The van der Waals surface area contributed by atoms with Gasteiger partial charge >= 0.3 is 5.97 Å². The van der Waals surface area contributed by atoms with E-state index in [1.54, 1.807) is 9.80 Å². The number of aryl methyl sites for hydroxylation is 1. The number of carboxylic acid groups (broad SMARTS) is 1. The highest BCUT2D eigenvalue weighted by molar-refractivity contribution is 5.95. The number of hydrogen-bond acceptors (Lipinski definition) is 4. The van der Waals surface area contributed by atoms with Crippen LogP contribution in [0, 0.1) is 6.92 Å². The van der Waals surface area contributed by atoms with Crippen molar-refractivity contribution in [3.63, 3.8) is 0 Å². The van der Waals surface area contributed by atoms with E-state index in [9.17, 15) is 14.4 Å². The molecule has 1 aromatic carbocycles. The van der Waals surface area contributed by atoms with Crippen LogP contribution in [0.15, 0.2) is 24.3 Å². The summed E-state index contributed by atoms with van der Waals surface area (Å²) >= 11 is 0. The second-order valence-electron chi connectivity index (χ2n) is 5.97. The maximum atomic E-state index is 12.5. The largest absolute Gasteiger partial charge is 0.480 e. The second-order valence-corrected chi connectivity index (χ2v) is 5.97. The molecule has 24 heavy (non-hydrogen) atoms. The zero-order chi connectivity index (χ0) is 17.7. The molecule has 1 saturated heterocycles. The zero-order valence-electron chi connectivity index (χ0n) is 13.8. The zero-order valence-corrected chi connectivity index (χ0v) is 13.8. The lowest BCUT2D eigenvalue weighted by Crippen LogP contribution is -2.50. The number of carbonyl (C=O) groups is 3. The summed E-state index contributed by atoms with van der Waals surface area (Å²) in [5.74, 6) is -1.24. The first-order valence-corrected chi connectivity index (χ1v) is 8.01. The molecule has 7 heteroatoms. The van der Waals surface area contributed by atoms with E-state index >= 15 is 0 Å². The number of nitrogens with zero attached hydrogens (tertiary/aromatic N) is 2. The van der Waals surface area contributed by atoms with Gasteiger partial charge in [0, 0.05) is 38.2 Å². The predicted molar refractivity (Wildman–Crippen MR) is 88.5 cm³/mol. The molecule has 1 aliphatic rings.